The van der Waals surface area contributed by atoms with E-state index in [1.165, 1.54) is 3.97 Å². The van der Waals surface area contributed by atoms with Crippen LogP contribution in [0.2, 0.25) is 0 Å². The Morgan fingerprint density at radius 2 is 1.62 bits per heavy atom. The van der Waals surface area contributed by atoms with Crippen LogP contribution in [0.4, 0.5) is 0 Å². The maximum absolute atomic E-state index is 13.4. The largest absolute Gasteiger partial charge is 0.380 e. The lowest BCUT2D eigenvalue weighted by Gasteiger charge is -2.14. The summed E-state index contributed by atoms with van der Waals surface area (Å²) in [5, 5.41) is 3.16. The maximum atomic E-state index is 13.4. The molecule has 0 amide bonds. The van der Waals surface area contributed by atoms with Gasteiger partial charge in [-0.25, -0.2) is 12.4 Å². The Bertz CT molecular complexity index is 1590. The molecule has 0 fully saturated rings. The lowest BCUT2D eigenvalue weighted by atomic mass is 9.92. The van der Waals surface area contributed by atoms with Crippen molar-refractivity contribution in [2.45, 2.75) is 17.9 Å². The molecule has 0 aliphatic heterocycles. The number of nitrogens with two attached hydrogens (primary N) is 1. The first-order valence-electron chi connectivity index (χ1n) is 11.2. The number of aromatic nitrogens is 1. The van der Waals surface area contributed by atoms with Crippen LogP contribution < -0.4 is 5.73 Å². The van der Waals surface area contributed by atoms with E-state index in [4.69, 9.17) is 10.5 Å². The van der Waals surface area contributed by atoms with Gasteiger partial charge >= 0.3 is 0 Å². The van der Waals surface area contributed by atoms with Crippen LogP contribution in [0, 0.1) is 0 Å². The van der Waals surface area contributed by atoms with E-state index >= 15 is 0 Å². The van der Waals surface area contributed by atoms with Gasteiger partial charge in [-0.05, 0) is 70.3 Å². The summed E-state index contributed by atoms with van der Waals surface area (Å²) in [7, 11) is -2.05. The minimum Gasteiger partial charge on any atom is -0.380 e. The summed E-state index contributed by atoms with van der Waals surface area (Å²) in [4.78, 5) is 0.256. The first-order valence-corrected chi connectivity index (χ1v) is 12.6. The molecule has 0 bridgehead atoms. The van der Waals surface area contributed by atoms with Crippen LogP contribution in [0.15, 0.2) is 96.0 Å². The summed E-state index contributed by atoms with van der Waals surface area (Å²) < 4.78 is 33.8. The van der Waals surface area contributed by atoms with E-state index in [1.54, 1.807) is 43.6 Å². The van der Waals surface area contributed by atoms with E-state index in [0.717, 1.165) is 38.4 Å². The Labute approximate surface area is 199 Å². The van der Waals surface area contributed by atoms with Crippen molar-refractivity contribution in [1.82, 2.24) is 3.97 Å². The fraction of sp³-hybridized carbons (Fsp3) is 0.143. The number of hydrogen-bond acceptors (Lipinski definition) is 4. The fourth-order valence-electron chi connectivity index (χ4n) is 4.61. The fourth-order valence-corrected chi connectivity index (χ4v) is 6.03. The van der Waals surface area contributed by atoms with E-state index in [2.05, 4.69) is 30.3 Å². The van der Waals surface area contributed by atoms with Gasteiger partial charge < -0.3 is 10.5 Å². The molecule has 34 heavy (non-hydrogen) atoms. The Kier molecular flexibility index (Phi) is 5.96. The molecule has 0 atom stereocenters. The summed E-state index contributed by atoms with van der Waals surface area (Å²) in [6.45, 7) is 0.912. The number of hydrogen-bond donors (Lipinski definition) is 1. The molecule has 0 unspecified atom stereocenters. The summed E-state index contributed by atoms with van der Waals surface area (Å²) in [5.41, 5.74) is 10.6. The quantitative estimate of drug-likeness (QED) is 0.348. The van der Waals surface area contributed by atoms with Gasteiger partial charge in [0, 0.05) is 18.7 Å². The predicted octanol–water partition coefficient (Wildman–Crippen LogP) is 5.35. The minimum atomic E-state index is -3.74. The Hall–Kier alpha value is -3.45. The molecular weight excluding hydrogens is 444 g/mol. The number of methoxy groups -OCH3 is 1. The van der Waals surface area contributed by atoms with E-state index < -0.39 is 10.0 Å². The third-order valence-corrected chi connectivity index (χ3v) is 7.86. The molecule has 0 aliphatic rings. The number of rotatable bonds is 7. The molecule has 2 N–H and O–H groups in total. The summed E-state index contributed by atoms with van der Waals surface area (Å²) >= 11 is 0. The van der Waals surface area contributed by atoms with Gasteiger partial charge in [0.05, 0.1) is 17.0 Å². The molecule has 6 heteroatoms. The molecule has 0 radical (unpaired) electrons. The molecule has 4 aromatic carbocycles. The molecule has 0 aliphatic carbocycles. The van der Waals surface area contributed by atoms with Crippen molar-refractivity contribution in [3.63, 3.8) is 0 Å². The van der Waals surface area contributed by atoms with Crippen molar-refractivity contribution in [2.24, 2.45) is 5.73 Å². The van der Waals surface area contributed by atoms with Crippen molar-refractivity contribution < 1.29 is 13.2 Å². The van der Waals surface area contributed by atoms with Crippen molar-refractivity contribution in [3.8, 4) is 11.1 Å². The highest BCUT2D eigenvalue weighted by atomic mass is 32.2. The van der Waals surface area contributed by atoms with Gasteiger partial charge in [0.15, 0.2) is 0 Å². The zero-order valence-corrected chi connectivity index (χ0v) is 19.8. The number of benzene rings is 4. The first kappa shape index (κ1) is 22.3. The first-order chi connectivity index (χ1) is 16.5. The highest BCUT2D eigenvalue weighted by molar-refractivity contribution is 7.90. The van der Waals surface area contributed by atoms with Crippen LogP contribution in [-0.4, -0.2) is 26.0 Å². The van der Waals surface area contributed by atoms with Gasteiger partial charge in [-0.3, -0.25) is 0 Å². The van der Waals surface area contributed by atoms with Crippen molar-refractivity contribution in [1.29, 1.82) is 0 Å². The Morgan fingerprint density at radius 3 is 2.38 bits per heavy atom. The second-order valence-electron chi connectivity index (χ2n) is 8.29. The van der Waals surface area contributed by atoms with Gasteiger partial charge in [0.1, 0.15) is 0 Å². The average Bonchev–Trinajstić information content (AvgIpc) is 3.23. The standard InChI is InChI=1S/C28H26N2O3S/c1-33-19-23-12-11-20-7-5-6-10-25(20)28(23)21-13-14-27-26(17-21)22(15-16-29)18-30(27)34(31,32)24-8-3-2-4-9-24/h2-14,17-18H,15-16,19,29H2,1H3. The predicted molar refractivity (Wildman–Crippen MR) is 137 cm³/mol. The van der Waals surface area contributed by atoms with Crippen LogP contribution in [-0.2, 0) is 27.8 Å². The highest BCUT2D eigenvalue weighted by Crippen LogP contribution is 2.36. The van der Waals surface area contributed by atoms with E-state index in [1.807, 2.05) is 24.3 Å². The van der Waals surface area contributed by atoms with Crippen LogP contribution in [0.1, 0.15) is 11.1 Å². The van der Waals surface area contributed by atoms with Crippen molar-refractivity contribution in [3.05, 3.63) is 102 Å². The monoisotopic (exact) mass is 470 g/mol. The van der Waals surface area contributed by atoms with Crippen LogP contribution >= 0.6 is 0 Å². The molecular formula is C28H26N2O3S. The summed E-state index contributed by atoms with van der Waals surface area (Å²) in [5.74, 6) is 0. The lowest BCUT2D eigenvalue weighted by molar-refractivity contribution is 0.185. The van der Waals surface area contributed by atoms with Gasteiger partial charge in [-0.2, -0.15) is 0 Å². The third-order valence-electron chi connectivity index (χ3n) is 6.17. The normalized spacial score (nSPS) is 11.9. The molecule has 0 saturated heterocycles. The minimum absolute atomic E-state index is 0.256. The number of fused-ring (bicyclic) bond motifs is 2. The molecule has 172 valence electrons. The lowest BCUT2D eigenvalue weighted by Crippen LogP contribution is -2.11. The second kappa shape index (κ2) is 9.06. The molecule has 5 rings (SSSR count). The molecule has 1 heterocycles. The topological polar surface area (TPSA) is 74.3 Å². The van der Waals surface area contributed by atoms with Crippen molar-refractivity contribution in [2.75, 3.05) is 13.7 Å². The van der Waals surface area contributed by atoms with Crippen LogP contribution in [0.5, 0.6) is 0 Å². The smallest absolute Gasteiger partial charge is 0.268 e. The van der Waals surface area contributed by atoms with Gasteiger partial charge in [-0.1, -0.05) is 60.7 Å². The van der Waals surface area contributed by atoms with Crippen molar-refractivity contribution >= 4 is 31.7 Å². The second-order valence-corrected chi connectivity index (χ2v) is 10.1. The number of ether oxygens (including phenoxy) is 1. The van der Waals surface area contributed by atoms with E-state index in [0.29, 0.717) is 25.1 Å². The zero-order valence-electron chi connectivity index (χ0n) is 18.9. The SMILES string of the molecule is COCc1ccc2ccccc2c1-c1ccc2c(c1)c(CCN)cn2S(=O)(=O)c1ccccc1. The average molecular weight is 471 g/mol. The van der Waals surface area contributed by atoms with Gasteiger partial charge in [-0.15, -0.1) is 0 Å². The molecule has 5 nitrogen and oxygen atoms in total. The number of nitrogens with zero attached hydrogens (tertiary/aromatic N) is 1. The zero-order chi connectivity index (χ0) is 23.7. The summed E-state index contributed by atoms with van der Waals surface area (Å²) in [6.07, 6.45) is 2.29. The third kappa shape index (κ3) is 3.80. The molecule has 0 spiro atoms. The van der Waals surface area contributed by atoms with E-state index in [-0.39, 0.29) is 4.90 Å². The van der Waals surface area contributed by atoms with Gasteiger partial charge in [0.25, 0.3) is 10.0 Å². The molecule has 1 aromatic heterocycles. The van der Waals surface area contributed by atoms with Crippen LogP contribution in [0.3, 0.4) is 0 Å². The van der Waals surface area contributed by atoms with Gasteiger partial charge in [0.2, 0.25) is 0 Å². The van der Waals surface area contributed by atoms with E-state index in [9.17, 15) is 8.42 Å². The highest BCUT2D eigenvalue weighted by Gasteiger charge is 2.22. The Morgan fingerprint density at radius 1 is 0.853 bits per heavy atom. The summed E-state index contributed by atoms with van der Waals surface area (Å²) in [6, 6.07) is 26.9. The Balaban J connectivity index is 1.76. The maximum Gasteiger partial charge on any atom is 0.268 e. The molecule has 0 saturated carbocycles. The molecule has 5 aromatic rings. The van der Waals surface area contributed by atoms with Crippen LogP contribution in [0.25, 0.3) is 32.8 Å².